The number of anilines is 2. The normalized spacial score (nSPS) is 10.3. The van der Waals surface area contributed by atoms with Crippen LogP contribution < -0.4 is 11.5 Å². The molecule has 0 fully saturated rings. The Balaban J connectivity index is 0.000000587. The second kappa shape index (κ2) is 24.4. The van der Waals surface area contributed by atoms with Crippen LogP contribution in [0.2, 0.25) is 0 Å². The first-order chi connectivity index (χ1) is 19.3. The zero-order valence-electron chi connectivity index (χ0n) is 21.5. The summed E-state index contributed by atoms with van der Waals surface area (Å²) in [4.78, 5) is 21.7. The topological polar surface area (TPSA) is 195 Å². The molecular weight excluding hydrogens is 1220 g/mol. The zero-order valence-corrected chi connectivity index (χ0v) is 34.4. The van der Waals surface area contributed by atoms with E-state index in [0.717, 1.165) is 7.14 Å². The Labute approximate surface area is 320 Å². The number of halogens is 6. The van der Waals surface area contributed by atoms with E-state index < -0.39 is 11.9 Å². The van der Waals surface area contributed by atoms with Gasteiger partial charge in [0.25, 0.3) is 0 Å². The van der Waals surface area contributed by atoms with Crippen molar-refractivity contribution in [3.8, 4) is 0 Å². The van der Waals surface area contributed by atoms with Gasteiger partial charge in [-0.15, -0.1) is 0 Å². The number of aliphatic hydroxyl groups excluding tert-OH is 2. The van der Waals surface area contributed by atoms with Gasteiger partial charge in [0, 0.05) is 40.7 Å². The molecule has 0 amide bonds. The summed E-state index contributed by atoms with van der Waals surface area (Å²) in [5.41, 5.74) is 13.1. The van der Waals surface area contributed by atoms with E-state index in [-0.39, 0.29) is 13.2 Å². The lowest BCUT2D eigenvalue weighted by molar-refractivity contribution is 0.0103. The Bertz CT molecular complexity index is 1040. The number of carbonyl (C=O) groups is 2. The Morgan fingerprint density at radius 2 is 0.878 bits per heavy atom. The summed E-state index contributed by atoms with van der Waals surface area (Å²) in [7, 11) is 0. The molecule has 0 saturated heterocycles. The van der Waals surface area contributed by atoms with Crippen LogP contribution in [0.5, 0.6) is 0 Å². The summed E-state index contributed by atoms with van der Waals surface area (Å²) < 4.78 is 20.0. The molecule has 17 heteroatoms. The molecule has 0 aliphatic carbocycles. The molecule has 11 nitrogen and oxygen atoms in total. The third kappa shape index (κ3) is 16.9. The van der Waals surface area contributed by atoms with E-state index in [9.17, 15) is 9.59 Å². The van der Waals surface area contributed by atoms with Gasteiger partial charge < -0.3 is 46.1 Å². The highest BCUT2D eigenvalue weighted by atomic mass is 127. The number of nitrogen functional groups attached to an aromatic ring is 2. The van der Waals surface area contributed by atoms with Crippen molar-refractivity contribution < 1.29 is 44.2 Å². The Hall–Kier alpha value is 1.16. The van der Waals surface area contributed by atoms with E-state index >= 15 is 0 Å². The summed E-state index contributed by atoms with van der Waals surface area (Å²) in [6.07, 6.45) is 1.34. The van der Waals surface area contributed by atoms with Crippen LogP contribution in [0.4, 0.5) is 11.4 Å². The number of aromatic carboxylic acids is 2. The highest BCUT2D eigenvalue weighted by molar-refractivity contribution is 14.1. The highest BCUT2D eigenvalue weighted by Crippen LogP contribution is 2.30. The second-order valence-electron chi connectivity index (χ2n) is 7.49. The van der Waals surface area contributed by atoms with Gasteiger partial charge in [-0.05, 0) is 161 Å². The van der Waals surface area contributed by atoms with Crippen LogP contribution in [0, 0.1) is 21.4 Å². The third-order valence-electron chi connectivity index (χ3n) is 4.48. The van der Waals surface area contributed by atoms with Crippen LogP contribution in [-0.2, 0) is 14.2 Å². The minimum Gasteiger partial charge on any atom is -0.478 e. The van der Waals surface area contributed by atoms with Crippen LogP contribution in [0.3, 0.4) is 0 Å². The average molecular weight is 1250 g/mol. The molecular formula is C24H30I6N2O9. The summed E-state index contributed by atoms with van der Waals surface area (Å²) in [6.45, 7) is 3.69. The van der Waals surface area contributed by atoms with Crippen LogP contribution in [0.25, 0.3) is 0 Å². The molecule has 232 valence electrons. The average Bonchev–Trinajstić information content (AvgIpc) is 2.89. The zero-order chi connectivity index (χ0) is 31.5. The molecule has 0 atom stereocenters. The molecule has 0 aromatic heterocycles. The van der Waals surface area contributed by atoms with Gasteiger partial charge in [-0.3, -0.25) is 0 Å². The number of carboxylic acids is 2. The first-order valence-electron chi connectivity index (χ1n) is 11.6. The molecule has 2 aromatic rings. The fraction of sp³-hybridized carbons (Fsp3) is 0.417. The Morgan fingerprint density at radius 3 is 1.15 bits per heavy atom. The molecule has 0 bridgehead atoms. The van der Waals surface area contributed by atoms with Crippen LogP contribution >= 0.6 is 136 Å². The Kier molecular flexibility index (Phi) is 25.1. The predicted octanol–water partition coefficient (Wildman–Crippen LogP) is 5.36. The lowest BCUT2D eigenvalue weighted by Crippen LogP contribution is -2.10. The van der Waals surface area contributed by atoms with Gasteiger partial charge in [0.05, 0.1) is 56.1 Å². The van der Waals surface area contributed by atoms with Crippen molar-refractivity contribution in [1.82, 2.24) is 0 Å². The fourth-order valence-electron chi connectivity index (χ4n) is 2.48. The number of carboxylic acid groups (broad SMARTS) is 2. The van der Waals surface area contributed by atoms with Gasteiger partial charge in [0.15, 0.2) is 0 Å². The second-order valence-corrected chi connectivity index (χ2v) is 14.3. The van der Waals surface area contributed by atoms with Gasteiger partial charge in [-0.25, -0.2) is 9.59 Å². The van der Waals surface area contributed by atoms with Gasteiger partial charge >= 0.3 is 11.9 Å². The van der Waals surface area contributed by atoms with Crippen LogP contribution in [0.1, 0.15) is 33.6 Å². The molecule has 0 saturated carbocycles. The standard InChI is InChI=1S/C10H22O5.2C7H4I3NO2/c11-3-1-5-13-7-9-15-10-8-14-6-2-4-12;2*8-2-1-3(9)6(11)5(10)4(2)7(12)13/h11-12H,1-10H2;2*1H,11H2,(H,12,13). The van der Waals surface area contributed by atoms with E-state index in [0.29, 0.717) is 89.3 Å². The minimum absolute atomic E-state index is 0.166. The Morgan fingerprint density at radius 1 is 0.585 bits per heavy atom. The molecule has 0 heterocycles. The molecule has 0 aliphatic heterocycles. The van der Waals surface area contributed by atoms with Crippen molar-refractivity contribution >= 4 is 159 Å². The van der Waals surface area contributed by atoms with E-state index in [1.165, 1.54) is 0 Å². The number of aliphatic hydroxyl groups is 2. The molecule has 41 heavy (non-hydrogen) atoms. The number of hydrogen-bond acceptors (Lipinski definition) is 9. The molecule has 8 N–H and O–H groups in total. The van der Waals surface area contributed by atoms with Crippen molar-refractivity contribution in [2.24, 2.45) is 0 Å². The number of nitrogens with two attached hydrogens (primary N) is 2. The number of benzene rings is 2. The van der Waals surface area contributed by atoms with Crippen molar-refractivity contribution in [1.29, 1.82) is 0 Å². The highest BCUT2D eigenvalue weighted by Gasteiger charge is 2.18. The van der Waals surface area contributed by atoms with Crippen molar-refractivity contribution in [2.45, 2.75) is 12.8 Å². The summed E-state index contributed by atoms with van der Waals surface area (Å²) >= 11 is 12.1. The maximum absolute atomic E-state index is 10.8. The molecule has 0 radical (unpaired) electrons. The van der Waals surface area contributed by atoms with E-state index in [1.807, 2.05) is 90.4 Å². The van der Waals surface area contributed by atoms with Gasteiger partial charge in [-0.1, -0.05) is 0 Å². The number of ether oxygens (including phenoxy) is 3. The van der Waals surface area contributed by atoms with Crippen LogP contribution in [-0.4, -0.2) is 85.2 Å². The molecule has 0 unspecified atom stereocenters. The minimum atomic E-state index is -0.933. The van der Waals surface area contributed by atoms with E-state index in [1.54, 1.807) is 12.1 Å². The maximum atomic E-state index is 10.8. The number of rotatable bonds is 14. The van der Waals surface area contributed by atoms with Crippen LogP contribution in [0.15, 0.2) is 12.1 Å². The largest absolute Gasteiger partial charge is 0.478 e. The first-order valence-corrected chi connectivity index (χ1v) is 18.1. The lowest BCUT2D eigenvalue weighted by atomic mass is 10.2. The molecule has 0 spiro atoms. The molecule has 2 aromatic carbocycles. The van der Waals surface area contributed by atoms with Gasteiger partial charge in [-0.2, -0.15) is 0 Å². The van der Waals surface area contributed by atoms with Crippen molar-refractivity contribution in [3.05, 3.63) is 44.7 Å². The summed E-state index contributed by atoms with van der Waals surface area (Å²) in [6, 6.07) is 3.53. The predicted molar refractivity (Wildman–Crippen MR) is 208 cm³/mol. The quantitative estimate of drug-likeness (QED) is 0.0811. The fourth-order valence-corrected chi connectivity index (χ4v) is 10.1. The van der Waals surface area contributed by atoms with Crippen molar-refractivity contribution in [2.75, 3.05) is 64.3 Å². The van der Waals surface area contributed by atoms with Gasteiger partial charge in [0.1, 0.15) is 0 Å². The van der Waals surface area contributed by atoms with E-state index in [2.05, 4.69) is 45.2 Å². The SMILES string of the molecule is Nc1c(I)cc(I)c(C(=O)O)c1I.Nc1c(I)cc(I)c(C(=O)O)c1I.OCCCOCCOCCOCCCO. The summed E-state index contributed by atoms with van der Waals surface area (Å²) in [5.74, 6) is -1.87. The van der Waals surface area contributed by atoms with Gasteiger partial charge in [0.2, 0.25) is 0 Å². The maximum Gasteiger partial charge on any atom is 0.337 e. The molecule has 2 rings (SSSR count). The first kappa shape index (κ1) is 42.2. The third-order valence-corrected chi connectivity index (χ3v) is 10.2. The van der Waals surface area contributed by atoms with Crippen molar-refractivity contribution in [3.63, 3.8) is 0 Å². The van der Waals surface area contributed by atoms with E-state index in [4.69, 9.17) is 46.1 Å². The molecule has 0 aliphatic rings. The monoisotopic (exact) mass is 1250 g/mol. The smallest absolute Gasteiger partial charge is 0.337 e. The summed E-state index contributed by atoms with van der Waals surface area (Å²) in [5, 5.41) is 34.7. The number of hydrogen-bond donors (Lipinski definition) is 6. The lowest BCUT2D eigenvalue weighted by Gasteiger charge is -2.07.